The fourth-order valence-electron chi connectivity index (χ4n) is 4.45. The second kappa shape index (κ2) is 6.03. The van der Waals surface area contributed by atoms with E-state index in [0.29, 0.717) is 54.3 Å². The van der Waals surface area contributed by atoms with Crippen molar-refractivity contribution >= 4 is 15.7 Å². The van der Waals surface area contributed by atoms with E-state index in [0.717, 1.165) is 25.9 Å². The summed E-state index contributed by atoms with van der Waals surface area (Å²) in [5.41, 5.74) is 0. The molecule has 2 aliphatic heterocycles. The first kappa shape index (κ1) is 15.9. The van der Waals surface area contributed by atoms with Crippen molar-refractivity contribution in [1.82, 2.24) is 9.80 Å². The first-order valence-electron chi connectivity index (χ1n) is 9.27. The molecule has 0 aromatic carbocycles. The van der Waals surface area contributed by atoms with E-state index >= 15 is 0 Å². The molecule has 6 heteroatoms. The summed E-state index contributed by atoms with van der Waals surface area (Å²) in [6.45, 7) is 3.08. The number of amides is 1. The third-order valence-corrected chi connectivity index (χ3v) is 7.83. The first-order chi connectivity index (χ1) is 11.0. The van der Waals surface area contributed by atoms with Crippen LogP contribution in [-0.2, 0) is 14.6 Å². The second-order valence-electron chi connectivity index (χ2n) is 7.94. The zero-order valence-electron chi connectivity index (χ0n) is 13.8. The zero-order chi connectivity index (χ0) is 16.0. The molecular formula is C17H28N2O3S. The van der Waals surface area contributed by atoms with Gasteiger partial charge in [-0.1, -0.05) is 0 Å². The summed E-state index contributed by atoms with van der Waals surface area (Å²) in [6.07, 6.45) is 7.04. The van der Waals surface area contributed by atoms with Crippen molar-refractivity contribution in [2.45, 2.75) is 44.6 Å². The number of nitrogens with zero attached hydrogens (tertiary/aromatic N) is 2. The van der Waals surface area contributed by atoms with Crippen molar-refractivity contribution in [2.75, 3.05) is 37.7 Å². The van der Waals surface area contributed by atoms with Crippen LogP contribution in [-0.4, -0.2) is 67.9 Å². The Morgan fingerprint density at radius 1 is 0.826 bits per heavy atom. The average molecular weight is 340 g/mol. The van der Waals surface area contributed by atoms with Crippen molar-refractivity contribution in [3.8, 4) is 0 Å². The molecule has 4 aliphatic rings. The minimum atomic E-state index is -2.80. The smallest absolute Gasteiger partial charge is 0.226 e. The number of piperidine rings is 1. The van der Waals surface area contributed by atoms with Gasteiger partial charge in [0.05, 0.1) is 11.5 Å². The molecule has 130 valence electrons. The molecule has 0 aromatic heterocycles. The number of hydrogen-bond donors (Lipinski definition) is 0. The summed E-state index contributed by atoms with van der Waals surface area (Å²) in [7, 11) is -2.80. The summed E-state index contributed by atoms with van der Waals surface area (Å²) in [6, 6.07) is 0.467. The molecule has 0 unspecified atom stereocenters. The van der Waals surface area contributed by atoms with Crippen LogP contribution in [0.5, 0.6) is 0 Å². The quantitative estimate of drug-likeness (QED) is 0.770. The highest BCUT2D eigenvalue weighted by Gasteiger charge is 2.47. The van der Waals surface area contributed by atoms with Crippen LogP contribution in [0.1, 0.15) is 38.5 Å². The Bertz CT molecular complexity index is 534. The van der Waals surface area contributed by atoms with E-state index in [-0.39, 0.29) is 0 Å². The minimum absolute atomic E-state index is 0.303. The average Bonchev–Trinajstić information content (AvgIpc) is 3.43. The van der Waals surface area contributed by atoms with Crippen molar-refractivity contribution in [2.24, 2.45) is 17.8 Å². The molecule has 2 saturated carbocycles. The van der Waals surface area contributed by atoms with Gasteiger partial charge in [0.25, 0.3) is 0 Å². The van der Waals surface area contributed by atoms with E-state index in [1.807, 2.05) is 0 Å². The lowest BCUT2D eigenvalue weighted by atomic mass is 9.94. The molecule has 2 saturated heterocycles. The maximum atomic E-state index is 12.9. The summed E-state index contributed by atoms with van der Waals surface area (Å²) in [5, 5.41) is 0. The highest BCUT2D eigenvalue weighted by Crippen LogP contribution is 2.50. The molecule has 0 aromatic rings. The van der Waals surface area contributed by atoms with Crippen LogP contribution in [0.15, 0.2) is 0 Å². The van der Waals surface area contributed by atoms with Crippen LogP contribution in [0.4, 0.5) is 0 Å². The molecule has 1 amide bonds. The lowest BCUT2D eigenvalue weighted by Crippen LogP contribution is -2.52. The van der Waals surface area contributed by atoms with Crippen LogP contribution in [0.25, 0.3) is 0 Å². The monoisotopic (exact) mass is 340 g/mol. The minimum Gasteiger partial charge on any atom is -0.342 e. The van der Waals surface area contributed by atoms with Crippen molar-refractivity contribution < 1.29 is 13.2 Å². The van der Waals surface area contributed by atoms with E-state index in [4.69, 9.17) is 0 Å². The van der Waals surface area contributed by atoms with Gasteiger partial charge in [0.1, 0.15) is 0 Å². The summed E-state index contributed by atoms with van der Waals surface area (Å²) in [4.78, 5) is 17.3. The normalized spacial score (nSPS) is 29.9. The topological polar surface area (TPSA) is 57.7 Å². The molecule has 0 bridgehead atoms. The Hall–Kier alpha value is -0.620. The maximum absolute atomic E-state index is 12.9. The fraction of sp³-hybridized carbons (Fsp3) is 0.941. The lowest BCUT2D eigenvalue weighted by molar-refractivity contribution is -0.138. The Morgan fingerprint density at radius 2 is 1.35 bits per heavy atom. The van der Waals surface area contributed by atoms with Crippen LogP contribution >= 0.6 is 0 Å². The van der Waals surface area contributed by atoms with Gasteiger partial charge in [-0.25, -0.2) is 8.42 Å². The van der Waals surface area contributed by atoms with E-state index in [1.54, 1.807) is 0 Å². The van der Waals surface area contributed by atoms with Crippen molar-refractivity contribution in [1.29, 1.82) is 0 Å². The number of sulfone groups is 1. The molecule has 0 radical (unpaired) electrons. The molecule has 2 heterocycles. The van der Waals surface area contributed by atoms with Gasteiger partial charge in [-0.05, 0) is 50.4 Å². The number of hydrogen-bond acceptors (Lipinski definition) is 4. The summed E-state index contributed by atoms with van der Waals surface area (Å²) < 4.78 is 23.1. The molecule has 4 fully saturated rings. The third kappa shape index (κ3) is 3.58. The fourth-order valence-corrected chi connectivity index (χ4v) is 5.68. The third-order valence-electron chi connectivity index (χ3n) is 6.22. The van der Waals surface area contributed by atoms with Crippen LogP contribution in [0.3, 0.4) is 0 Å². The number of carbonyl (C=O) groups is 1. The summed E-state index contributed by atoms with van der Waals surface area (Å²) >= 11 is 0. The zero-order valence-corrected chi connectivity index (χ0v) is 14.6. The predicted octanol–water partition coefficient (Wildman–Crippen LogP) is 1.14. The standard InChI is InChI=1S/C17H28N2O3S/c20-17(16(13-1-2-13)14-3-4-14)19-7-5-15(6-8-19)18-9-11-23(21,22)12-10-18/h13-16H,1-12H2. The van der Waals surface area contributed by atoms with Crippen LogP contribution in [0, 0.1) is 17.8 Å². The maximum Gasteiger partial charge on any atom is 0.226 e. The molecule has 0 spiro atoms. The van der Waals surface area contributed by atoms with E-state index < -0.39 is 9.84 Å². The molecule has 0 atom stereocenters. The van der Waals surface area contributed by atoms with Gasteiger partial charge in [0.2, 0.25) is 5.91 Å². The molecule has 0 N–H and O–H groups in total. The number of carbonyl (C=O) groups excluding carboxylic acids is 1. The van der Waals surface area contributed by atoms with Crippen LogP contribution in [0.2, 0.25) is 0 Å². The van der Waals surface area contributed by atoms with Gasteiger partial charge in [0, 0.05) is 38.1 Å². The predicted molar refractivity (Wildman–Crippen MR) is 88.8 cm³/mol. The van der Waals surface area contributed by atoms with Crippen LogP contribution < -0.4 is 0 Å². The SMILES string of the molecule is O=C(C(C1CC1)C1CC1)N1CCC(N2CCS(=O)(=O)CC2)CC1. The summed E-state index contributed by atoms with van der Waals surface area (Å²) in [5.74, 6) is 2.72. The first-order valence-corrected chi connectivity index (χ1v) is 11.1. The number of rotatable bonds is 4. The van der Waals surface area contributed by atoms with Gasteiger partial charge in [0.15, 0.2) is 9.84 Å². The lowest BCUT2D eigenvalue weighted by Gasteiger charge is -2.41. The van der Waals surface area contributed by atoms with E-state index in [9.17, 15) is 13.2 Å². The Balaban J connectivity index is 1.29. The second-order valence-corrected chi connectivity index (χ2v) is 10.2. The molecule has 2 aliphatic carbocycles. The van der Waals surface area contributed by atoms with Gasteiger partial charge in [-0.2, -0.15) is 0 Å². The molecule has 5 nitrogen and oxygen atoms in total. The molecular weight excluding hydrogens is 312 g/mol. The van der Waals surface area contributed by atoms with Gasteiger partial charge in [-0.3, -0.25) is 9.69 Å². The van der Waals surface area contributed by atoms with Gasteiger partial charge >= 0.3 is 0 Å². The molecule has 4 rings (SSSR count). The Labute approximate surface area is 139 Å². The van der Waals surface area contributed by atoms with Crippen molar-refractivity contribution in [3.05, 3.63) is 0 Å². The van der Waals surface area contributed by atoms with Gasteiger partial charge in [-0.15, -0.1) is 0 Å². The highest BCUT2D eigenvalue weighted by atomic mass is 32.2. The highest BCUT2D eigenvalue weighted by molar-refractivity contribution is 7.91. The van der Waals surface area contributed by atoms with Crippen molar-refractivity contribution in [3.63, 3.8) is 0 Å². The Morgan fingerprint density at radius 3 is 1.83 bits per heavy atom. The molecule has 23 heavy (non-hydrogen) atoms. The Kier molecular flexibility index (Phi) is 4.16. The van der Waals surface area contributed by atoms with E-state index in [2.05, 4.69) is 9.80 Å². The largest absolute Gasteiger partial charge is 0.342 e. The number of likely N-dealkylation sites (tertiary alicyclic amines) is 1. The van der Waals surface area contributed by atoms with E-state index in [1.165, 1.54) is 25.7 Å². The van der Waals surface area contributed by atoms with Gasteiger partial charge < -0.3 is 4.90 Å².